The molecule has 0 saturated heterocycles. The highest BCUT2D eigenvalue weighted by atomic mass is 32.2. The second-order valence-electron chi connectivity index (χ2n) is 9.30. The largest absolute Gasteiger partial charge is 0.477 e. The van der Waals surface area contributed by atoms with Crippen LogP contribution in [0.15, 0.2) is 89.1 Å². The lowest BCUT2D eigenvalue weighted by Crippen LogP contribution is -2.14. The lowest BCUT2D eigenvalue weighted by molar-refractivity contribution is 0.0690. The number of nitrogens with zero attached hydrogens (tertiary/aromatic N) is 3. The van der Waals surface area contributed by atoms with E-state index in [0.29, 0.717) is 38.2 Å². The third-order valence-corrected chi connectivity index (χ3v) is 9.27. The molecular formula is C30H19FN4O4S2. The molecule has 11 heteroatoms. The number of nitrogens with one attached hydrogen (secondary N) is 1. The van der Waals surface area contributed by atoms with Crippen molar-refractivity contribution in [3.63, 3.8) is 0 Å². The van der Waals surface area contributed by atoms with Crippen LogP contribution >= 0.6 is 11.3 Å². The molecule has 2 N–H and O–H groups in total. The number of aryl methyl sites for hydroxylation is 1. The summed E-state index contributed by atoms with van der Waals surface area (Å²) in [6.07, 6.45) is 0. The van der Waals surface area contributed by atoms with Crippen LogP contribution < -0.4 is 0 Å². The van der Waals surface area contributed by atoms with Crippen LogP contribution in [-0.4, -0.2) is 33.7 Å². The van der Waals surface area contributed by atoms with Crippen molar-refractivity contribution in [2.24, 2.45) is 0 Å². The average Bonchev–Trinajstić information content (AvgIpc) is 3.70. The molecule has 0 aliphatic heterocycles. The number of carbonyl (C=O) groups is 1. The lowest BCUT2D eigenvalue weighted by atomic mass is 9.97. The summed E-state index contributed by atoms with van der Waals surface area (Å²) in [5, 5.41) is 27.8. The van der Waals surface area contributed by atoms with Crippen LogP contribution in [0.5, 0.6) is 0 Å². The molecule has 8 nitrogen and oxygen atoms in total. The van der Waals surface area contributed by atoms with Crippen molar-refractivity contribution in [2.75, 3.05) is 0 Å². The van der Waals surface area contributed by atoms with Crippen LogP contribution in [0.3, 0.4) is 0 Å². The number of aromatic amines is 1. The van der Waals surface area contributed by atoms with Crippen LogP contribution in [0.25, 0.3) is 44.5 Å². The average molecular weight is 583 g/mol. The molecule has 0 aliphatic carbocycles. The number of carboxylic acid groups (broad SMARTS) is 1. The number of halogens is 1. The first kappa shape index (κ1) is 26.2. The fourth-order valence-electron chi connectivity index (χ4n) is 4.83. The number of fused-ring (bicyclic) bond motifs is 1. The molecule has 6 rings (SSSR count). The number of benzene rings is 3. The van der Waals surface area contributed by atoms with Gasteiger partial charge in [-0.2, -0.15) is 10.4 Å². The highest BCUT2D eigenvalue weighted by molar-refractivity contribution is 7.90. The maximum absolute atomic E-state index is 14.7. The Kier molecular flexibility index (Phi) is 6.29. The monoisotopic (exact) mass is 582 g/mol. The molecule has 0 bridgehead atoms. The van der Waals surface area contributed by atoms with Crippen molar-refractivity contribution in [2.45, 2.75) is 11.8 Å². The molecule has 3 aromatic heterocycles. The highest BCUT2D eigenvalue weighted by Gasteiger charge is 2.30. The van der Waals surface area contributed by atoms with Gasteiger partial charge in [0.25, 0.3) is 10.0 Å². The first-order valence-corrected chi connectivity index (χ1v) is 14.5. The smallest absolute Gasteiger partial charge is 0.353 e. The summed E-state index contributed by atoms with van der Waals surface area (Å²) in [7, 11) is -4.23. The molecular weight excluding hydrogens is 563 g/mol. The fourth-order valence-corrected chi connectivity index (χ4v) is 7.07. The maximum atomic E-state index is 14.7. The van der Waals surface area contributed by atoms with Gasteiger partial charge in [-0.3, -0.25) is 5.10 Å². The molecule has 0 atom stereocenters. The van der Waals surface area contributed by atoms with Crippen LogP contribution in [0.1, 0.15) is 20.9 Å². The van der Waals surface area contributed by atoms with E-state index in [2.05, 4.69) is 16.3 Å². The van der Waals surface area contributed by atoms with Gasteiger partial charge in [0.15, 0.2) is 0 Å². The summed E-state index contributed by atoms with van der Waals surface area (Å²) in [4.78, 5) is 11.8. The van der Waals surface area contributed by atoms with E-state index in [-0.39, 0.29) is 21.8 Å². The number of aromatic nitrogens is 3. The van der Waals surface area contributed by atoms with Crippen LogP contribution in [0.4, 0.5) is 4.39 Å². The predicted molar refractivity (Wildman–Crippen MR) is 154 cm³/mol. The van der Waals surface area contributed by atoms with Gasteiger partial charge in [0, 0.05) is 27.6 Å². The molecule has 0 spiro atoms. The predicted octanol–water partition coefficient (Wildman–Crippen LogP) is 6.68. The zero-order valence-corrected chi connectivity index (χ0v) is 22.9. The molecule has 3 heterocycles. The number of hydrogen-bond donors (Lipinski definition) is 2. The zero-order chi connectivity index (χ0) is 28.9. The van der Waals surface area contributed by atoms with Crippen molar-refractivity contribution in [1.82, 2.24) is 14.2 Å². The van der Waals surface area contributed by atoms with Crippen molar-refractivity contribution in [1.29, 1.82) is 5.26 Å². The minimum absolute atomic E-state index is 0.0394. The van der Waals surface area contributed by atoms with Crippen LogP contribution in [-0.2, 0) is 10.0 Å². The minimum atomic E-state index is -4.23. The molecule has 0 unspecified atom stereocenters. The van der Waals surface area contributed by atoms with E-state index in [1.807, 2.05) is 6.92 Å². The fraction of sp³-hybridized carbons (Fsp3) is 0.0333. The van der Waals surface area contributed by atoms with Crippen molar-refractivity contribution in [3.8, 4) is 39.7 Å². The number of H-pyrrole nitrogens is 1. The minimum Gasteiger partial charge on any atom is -0.477 e. The van der Waals surface area contributed by atoms with E-state index in [1.165, 1.54) is 51.7 Å². The molecule has 0 saturated carbocycles. The summed E-state index contributed by atoms with van der Waals surface area (Å²) in [6, 6.07) is 22.4. The van der Waals surface area contributed by atoms with E-state index in [0.717, 1.165) is 5.56 Å². The van der Waals surface area contributed by atoms with Gasteiger partial charge in [-0.1, -0.05) is 35.9 Å². The summed E-state index contributed by atoms with van der Waals surface area (Å²) in [5.74, 6) is -1.73. The Morgan fingerprint density at radius 3 is 2.51 bits per heavy atom. The van der Waals surface area contributed by atoms with Gasteiger partial charge < -0.3 is 5.11 Å². The highest BCUT2D eigenvalue weighted by Crippen LogP contribution is 2.45. The van der Waals surface area contributed by atoms with E-state index in [4.69, 9.17) is 0 Å². The molecule has 41 heavy (non-hydrogen) atoms. The van der Waals surface area contributed by atoms with Gasteiger partial charge >= 0.3 is 5.97 Å². The second kappa shape index (κ2) is 9.85. The van der Waals surface area contributed by atoms with Crippen molar-refractivity contribution in [3.05, 3.63) is 106 Å². The van der Waals surface area contributed by atoms with Gasteiger partial charge in [-0.25, -0.2) is 21.6 Å². The standard InChI is InChI=1S/C30H19FN4O4S2/c1-17-5-8-21(9-6-17)41(38,39)35-26-10-7-20(31)14-23(26)28(22-11-12-40-27(22)16-32)29(35)19-4-2-3-18(13-19)24-15-25(30(36)37)34-33-24/h2-15H,1H3,(H,33,34)(H,36,37). The maximum Gasteiger partial charge on any atom is 0.353 e. The molecule has 0 fully saturated rings. The molecule has 0 aliphatic rings. The van der Waals surface area contributed by atoms with Gasteiger partial charge in [-0.15, -0.1) is 11.3 Å². The number of thiophene rings is 1. The summed E-state index contributed by atoms with van der Waals surface area (Å²) in [5.41, 5.74) is 3.43. The molecule has 0 amide bonds. The Hall–Kier alpha value is -5.05. The summed E-state index contributed by atoms with van der Waals surface area (Å²) in [6.45, 7) is 1.85. The van der Waals surface area contributed by atoms with E-state index < -0.39 is 21.8 Å². The third kappa shape index (κ3) is 4.39. The normalized spacial score (nSPS) is 11.5. The van der Waals surface area contributed by atoms with Gasteiger partial charge in [0.2, 0.25) is 0 Å². The first-order chi connectivity index (χ1) is 19.7. The molecule has 6 aromatic rings. The zero-order valence-electron chi connectivity index (χ0n) is 21.3. The molecule has 202 valence electrons. The lowest BCUT2D eigenvalue weighted by Gasteiger charge is -2.14. The number of carboxylic acids is 1. The van der Waals surface area contributed by atoms with Crippen molar-refractivity contribution >= 4 is 38.2 Å². The number of hydrogen-bond acceptors (Lipinski definition) is 6. The summed E-state index contributed by atoms with van der Waals surface area (Å²) >= 11 is 1.20. The SMILES string of the molecule is Cc1ccc(S(=O)(=O)n2c(-c3cccc(-c4cc(C(=O)O)[nH]n4)c3)c(-c3ccsc3C#N)c3cc(F)ccc32)cc1. The van der Waals surface area contributed by atoms with Gasteiger partial charge in [0.05, 0.1) is 21.8 Å². The van der Waals surface area contributed by atoms with Crippen LogP contribution in [0, 0.1) is 24.1 Å². The summed E-state index contributed by atoms with van der Waals surface area (Å²) < 4.78 is 44.6. The Bertz CT molecular complexity index is 2140. The Balaban J connectivity index is 1.73. The van der Waals surface area contributed by atoms with E-state index in [1.54, 1.807) is 47.8 Å². The van der Waals surface area contributed by atoms with E-state index in [9.17, 15) is 28.0 Å². The first-order valence-electron chi connectivity index (χ1n) is 12.2. The Morgan fingerprint density at radius 2 is 1.80 bits per heavy atom. The van der Waals surface area contributed by atoms with Crippen LogP contribution in [0.2, 0.25) is 0 Å². The Labute approximate surface area is 237 Å². The van der Waals surface area contributed by atoms with Gasteiger partial charge in [-0.05, 0) is 60.8 Å². The Morgan fingerprint density at radius 1 is 1.05 bits per heavy atom. The van der Waals surface area contributed by atoms with Crippen molar-refractivity contribution < 1.29 is 22.7 Å². The molecule has 0 radical (unpaired) electrons. The van der Waals surface area contributed by atoms with Gasteiger partial charge in [0.1, 0.15) is 22.5 Å². The number of nitriles is 1. The number of rotatable bonds is 6. The quantitative estimate of drug-likeness (QED) is 0.225. The second-order valence-corrected chi connectivity index (χ2v) is 12.0. The van der Waals surface area contributed by atoms with E-state index >= 15 is 0 Å². The topological polar surface area (TPSA) is 129 Å². The molecule has 3 aromatic carbocycles. The third-order valence-electron chi connectivity index (χ3n) is 6.72. The number of aromatic carboxylic acids is 1.